The van der Waals surface area contributed by atoms with Gasteiger partial charge in [0.05, 0.1) is 0 Å². The third kappa shape index (κ3) is 2.86. The Balaban J connectivity index is 1.80. The number of nitrogens with two attached hydrogens (primary N) is 1. The summed E-state index contributed by atoms with van der Waals surface area (Å²) >= 11 is 0. The molecule has 1 saturated heterocycles. The Morgan fingerprint density at radius 1 is 1.31 bits per heavy atom. The summed E-state index contributed by atoms with van der Waals surface area (Å²) in [7, 11) is 2.17. The van der Waals surface area contributed by atoms with Gasteiger partial charge in [0.25, 0.3) is 0 Å². The van der Waals surface area contributed by atoms with Crippen LogP contribution in [0.5, 0.6) is 0 Å². The predicted molar refractivity (Wildman–Crippen MR) is 63.6 cm³/mol. The molecule has 92 valence electrons. The van der Waals surface area contributed by atoms with E-state index in [-0.39, 0.29) is 0 Å². The van der Waals surface area contributed by atoms with Crippen molar-refractivity contribution in [2.24, 2.45) is 16.3 Å². The van der Waals surface area contributed by atoms with Gasteiger partial charge in [0.15, 0.2) is 0 Å². The largest absolute Gasteiger partial charge is 0.409 e. The lowest BCUT2D eigenvalue weighted by molar-refractivity contribution is 0.131. The van der Waals surface area contributed by atoms with Crippen molar-refractivity contribution in [1.29, 1.82) is 0 Å². The van der Waals surface area contributed by atoms with E-state index in [0.29, 0.717) is 11.3 Å². The highest BCUT2D eigenvalue weighted by Gasteiger charge is 2.44. The molecule has 1 aliphatic carbocycles. The number of rotatable bonds is 4. The molecule has 0 aromatic heterocycles. The fraction of sp³-hybridized carbons (Fsp3) is 0.909. The summed E-state index contributed by atoms with van der Waals surface area (Å²) in [6, 6.07) is 0. The Kier molecular flexibility index (Phi) is 3.35. The van der Waals surface area contributed by atoms with E-state index in [0.717, 1.165) is 39.1 Å². The fourth-order valence-corrected chi connectivity index (χ4v) is 2.47. The van der Waals surface area contributed by atoms with E-state index in [9.17, 15) is 0 Å². The number of nitrogens with zero attached hydrogens (tertiary/aromatic N) is 3. The lowest BCUT2D eigenvalue weighted by Gasteiger charge is -2.34. The van der Waals surface area contributed by atoms with Crippen molar-refractivity contribution >= 4 is 5.84 Å². The molecule has 5 nitrogen and oxygen atoms in total. The minimum atomic E-state index is 0.312. The van der Waals surface area contributed by atoms with Gasteiger partial charge >= 0.3 is 0 Å². The van der Waals surface area contributed by atoms with Gasteiger partial charge in [0, 0.05) is 39.1 Å². The molecule has 0 unspecified atom stereocenters. The van der Waals surface area contributed by atoms with Crippen LogP contribution in [0.1, 0.15) is 19.3 Å². The number of piperazine rings is 1. The summed E-state index contributed by atoms with van der Waals surface area (Å²) in [5.41, 5.74) is 5.91. The highest BCUT2D eigenvalue weighted by molar-refractivity contribution is 5.80. The van der Waals surface area contributed by atoms with E-state index in [1.807, 2.05) is 0 Å². The Morgan fingerprint density at radius 3 is 2.44 bits per heavy atom. The highest BCUT2D eigenvalue weighted by atomic mass is 16.4. The van der Waals surface area contributed by atoms with Crippen molar-refractivity contribution in [3.63, 3.8) is 0 Å². The average molecular weight is 226 g/mol. The summed E-state index contributed by atoms with van der Waals surface area (Å²) in [5, 5.41) is 11.7. The second kappa shape index (κ2) is 4.59. The minimum Gasteiger partial charge on any atom is -0.409 e. The monoisotopic (exact) mass is 226 g/mol. The van der Waals surface area contributed by atoms with Crippen molar-refractivity contribution < 1.29 is 5.21 Å². The van der Waals surface area contributed by atoms with E-state index in [4.69, 9.17) is 10.9 Å². The van der Waals surface area contributed by atoms with Gasteiger partial charge in [-0.1, -0.05) is 5.16 Å². The normalized spacial score (nSPS) is 26.9. The summed E-state index contributed by atoms with van der Waals surface area (Å²) in [6.07, 6.45) is 3.18. The van der Waals surface area contributed by atoms with Gasteiger partial charge in [-0.2, -0.15) is 0 Å². The molecule has 0 bridgehead atoms. The van der Waals surface area contributed by atoms with Gasteiger partial charge in [0.1, 0.15) is 5.84 Å². The molecule has 0 spiro atoms. The molecule has 0 aromatic carbocycles. The third-order valence-electron chi connectivity index (χ3n) is 3.80. The molecule has 0 radical (unpaired) electrons. The van der Waals surface area contributed by atoms with E-state index in [2.05, 4.69) is 22.0 Å². The molecule has 0 aromatic rings. The second-order valence-electron chi connectivity index (χ2n) is 5.35. The first-order valence-electron chi connectivity index (χ1n) is 6.01. The van der Waals surface area contributed by atoms with E-state index < -0.39 is 0 Å². The maximum absolute atomic E-state index is 8.61. The Bertz CT molecular complexity index is 267. The van der Waals surface area contributed by atoms with Gasteiger partial charge in [-0.3, -0.25) is 0 Å². The lowest BCUT2D eigenvalue weighted by Crippen LogP contribution is -2.46. The molecular formula is C11H22N4O. The van der Waals surface area contributed by atoms with Crippen molar-refractivity contribution in [3.05, 3.63) is 0 Å². The zero-order chi connectivity index (χ0) is 11.6. The number of hydrogen-bond acceptors (Lipinski definition) is 4. The van der Waals surface area contributed by atoms with Gasteiger partial charge in [-0.15, -0.1) is 0 Å². The molecule has 1 heterocycles. The number of amidine groups is 1. The number of likely N-dealkylation sites (N-methyl/N-ethyl adjacent to an activating group) is 1. The first-order chi connectivity index (χ1) is 7.63. The molecule has 16 heavy (non-hydrogen) atoms. The molecule has 1 aliphatic heterocycles. The summed E-state index contributed by atoms with van der Waals surface area (Å²) in [6.45, 7) is 5.71. The lowest BCUT2D eigenvalue weighted by atomic mass is 10.0. The van der Waals surface area contributed by atoms with Gasteiger partial charge < -0.3 is 20.7 Å². The second-order valence-corrected chi connectivity index (χ2v) is 5.35. The number of oxime groups is 1. The maximum Gasteiger partial charge on any atom is 0.139 e. The quantitative estimate of drug-likeness (QED) is 0.310. The Labute approximate surface area is 96.9 Å². The zero-order valence-corrected chi connectivity index (χ0v) is 10.0. The molecule has 1 saturated carbocycles. The van der Waals surface area contributed by atoms with Gasteiger partial charge in [-0.05, 0) is 25.3 Å². The maximum atomic E-state index is 8.61. The van der Waals surface area contributed by atoms with Crippen LogP contribution in [0.25, 0.3) is 0 Å². The Morgan fingerprint density at radius 2 is 1.94 bits per heavy atom. The van der Waals surface area contributed by atoms with Gasteiger partial charge in [-0.25, -0.2) is 0 Å². The van der Waals surface area contributed by atoms with E-state index in [1.54, 1.807) is 0 Å². The zero-order valence-electron chi connectivity index (χ0n) is 10.0. The van der Waals surface area contributed by atoms with Crippen LogP contribution in [0.15, 0.2) is 5.16 Å². The molecule has 0 amide bonds. The minimum absolute atomic E-state index is 0.312. The summed E-state index contributed by atoms with van der Waals surface area (Å²) < 4.78 is 0. The smallest absolute Gasteiger partial charge is 0.139 e. The number of hydrogen-bond donors (Lipinski definition) is 2. The van der Waals surface area contributed by atoms with Crippen LogP contribution >= 0.6 is 0 Å². The highest BCUT2D eigenvalue weighted by Crippen LogP contribution is 2.49. The van der Waals surface area contributed by atoms with Crippen LogP contribution < -0.4 is 5.73 Å². The standard InChI is InChI=1S/C11H22N4O/c1-14-4-6-15(7-5-14)9-11(2-3-11)8-10(12)13-16/h16H,2-9H2,1H3,(H2,12,13). The summed E-state index contributed by atoms with van der Waals surface area (Å²) in [4.78, 5) is 4.87. The molecule has 2 rings (SSSR count). The first-order valence-corrected chi connectivity index (χ1v) is 6.01. The molecular weight excluding hydrogens is 204 g/mol. The van der Waals surface area contributed by atoms with Crippen LogP contribution in [0.3, 0.4) is 0 Å². The van der Waals surface area contributed by atoms with Crippen LogP contribution in [-0.4, -0.2) is 60.6 Å². The van der Waals surface area contributed by atoms with Crippen LogP contribution in [-0.2, 0) is 0 Å². The van der Waals surface area contributed by atoms with Crippen LogP contribution in [0, 0.1) is 5.41 Å². The molecule has 2 fully saturated rings. The van der Waals surface area contributed by atoms with E-state index >= 15 is 0 Å². The van der Waals surface area contributed by atoms with Crippen molar-refractivity contribution in [2.75, 3.05) is 39.8 Å². The fourth-order valence-electron chi connectivity index (χ4n) is 2.47. The summed E-state index contributed by atoms with van der Waals surface area (Å²) in [5.74, 6) is 0.381. The molecule has 0 atom stereocenters. The Hall–Kier alpha value is -0.810. The van der Waals surface area contributed by atoms with Gasteiger partial charge in [0.2, 0.25) is 0 Å². The van der Waals surface area contributed by atoms with Crippen molar-refractivity contribution in [2.45, 2.75) is 19.3 Å². The molecule has 2 aliphatic rings. The van der Waals surface area contributed by atoms with Crippen molar-refractivity contribution in [3.8, 4) is 0 Å². The van der Waals surface area contributed by atoms with Crippen LogP contribution in [0.4, 0.5) is 0 Å². The SMILES string of the molecule is CN1CCN(CC2(CC(N)=NO)CC2)CC1. The van der Waals surface area contributed by atoms with Crippen LogP contribution in [0.2, 0.25) is 0 Å². The average Bonchev–Trinajstić information content (AvgIpc) is 3.01. The predicted octanol–water partition coefficient (Wildman–Crippen LogP) is 0.151. The first kappa shape index (κ1) is 11.7. The van der Waals surface area contributed by atoms with E-state index in [1.165, 1.54) is 12.8 Å². The van der Waals surface area contributed by atoms with Crippen molar-refractivity contribution in [1.82, 2.24) is 9.80 Å². The molecule has 5 heteroatoms. The third-order valence-corrected chi connectivity index (χ3v) is 3.80. The molecule has 3 N–H and O–H groups in total. The topological polar surface area (TPSA) is 65.1 Å².